The molecule has 1 atom stereocenters. The first-order valence-corrected chi connectivity index (χ1v) is 7.15. The fourth-order valence-corrected chi connectivity index (χ4v) is 2.34. The van der Waals surface area contributed by atoms with E-state index in [9.17, 15) is 4.39 Å². The van der Waals surface area contributed by atoms with Crippen molar-refractivity contribution in [1.82, 2.24) is 15.1 Å². The normalized spacial score (nSPS) is 12.6. The highest BCUT2D eigenvalue weighted by atomic mass is 19.1. The molecule has 0 aliphatic heterocycles. The minimum Gasteiger partial charge on any atom is -0.310 e. The van der Waals surface area contributed by atoms with Crippen molar-refractivity contribution in [2.24, 2.45) is 7.05 Å². The highest BCUT2D eigenvalue weighted by Gasteiger charge is 2.12. The molecule has 0 radical (unpaired) electrons. The Labute approximate surface area is 119 Å². The summed E-state index contributed by atoms with van der Waals surface area (Å²) in [5.74, 6) is -0.174. The van der Waals surface area contributed by atoms with Gasteiger partial charge in [0.1, 0.15) is 5.82 Å². The Bertz CT molecular complexity index is 536. The van der Waals surface area contributed by atoms with Crippen molar-refractivity contribution in [2.75, 3.05) is 6.54 Å². The van der Waals surface area contributed by atoms with Gasteiger partial charge in [0.15, 0.2) is 0 Å². The predicted molar refractivity (Wildman–Crippen MR) is 79.0 cm³/mol. The number of aryl methyl sites for hydroxylation is 2. The molecule has 0 fully saturated rings. The maximum atomic E-state index is 13.4. The average molecular weight is 275 g/mol. The summed E-state index contributed by atoms with van der Waals surface area (Å²) in [4.78, 5) is 0. The molecule has 20 heavy (non-hydrogen) atoms. The highest BCUT2D eigenvalue weighted by Crippen LogP contribution is 2.20. The third-order valence-corrected chi connectivity index (χ3v) is 3.37. The number of hydrogen-bond donors (Lipinski definition) is 1. The van der Waals surface area contributed by atoms with E-state index in [1.807, 2.05) is 30.2 Å². The molecule has 1 N–H and O–H groups in total. The summed E-state index contributed by atoms with van der Waals surface area (Å²) in [6.07, 6.45) is 6.87. The average Bonchev–Trinajstić information content (AvgIpc) is 2.85. The van der Waals surface area contributed by atoms with E-state index in [2.05, 4.69) is 17.3 Å². The van der Waals surface area contributed by atoms with Gasteiger partial charge in [-0.2, -0.15) is 5.10 Å². The molecule has 0 spiro atoms. The molecular formula is C16H22FN3. The Hall–Kier alpha value is -1.68. The van der Waals surface area contributed by atoms with E-state index < -0.39 is 0 Å². The Morgan fingerprint density at radius 3 is 2.90 bits per heavy atom. The van der Waals surface area contributed by atoms with Crippen LogP contribution in [0.5, 0.6) is 0 Å². The molecule has 2 rings (SSSR count). The maximum Gasteiger partial charge on any atom is 0.123 e. The van der Waals surface area contributed by atoms with E-state index >= 15 is 0 Å². The molecule has 0 saturated heterocycles. The summed E-state index contributed by atoms with van der Waals surface area (Å²) in [7, 11) is 1.92. The second kappa shape index (κ2) is 7.20. The number of halogens is 1. The van der Waals surface area contributed by atoms with Crippen LogP contribution in [0.15, 0.2) is 36.7 Å². The number of nitrogens with zero attached hydrogens (tertiary/aromatic N) is 2. The van der Waals surface area contributed by atoms with Crippen LogP contribution in [0.2, 0.25) is 0 Å². The van der Waals surface area contributed by atoms with Gasteiger partial charge in [-0.3, -0.25) is 4.68 Å². The molecule has 1 unspecified atom stereocenters. The fraction of sp³-hybridized carbons (Fsp3) is 0.438. The summed E-state index contributed by atoms with van der Waals surface area (Å²) in [5, 5.41) is 7.68. The van der Waals surface area contributed by atoms with Crippen LogP contribution in [0.25, 0.3) is 0 Å². The molecule has 0 amide bonds. The van der Waals surface area contributed by atoms with Gasteiger partial charge in [-0.1, -0.05) is 19.1 Å². The summed E-state index contributed by atoms with van der Waals surface area (Å²) in [6.45, 7) is 3.07. The fourth-order valence-electron chi connectivity index (χ4n) is 2.34. The Morgan fingerprint density at radius 1 is 1.40 bits per heavy atom. The minimum absolute atomic E-state index is 0.174. The summed E-state index contributed by atoms with van der Waals surface area (Å²) in [5.41, 5.74) is 2.23. The zero-order valence-electron chi connectivity index (χ0n) is 12.1. The molecule has 0 bridgehead atoms. The number of benzene rings is 1. The lowest BCUT2D eigenvalue weighted by atomic mass is 10.00. The molecule has 3 nitrogen and oxygen atoms in total. The van der Waals surface area contributed by atoms with Crippen molar-refractivity contribution in [3.8, 4) is 0 Å². The second-order valence-electron chi connectivity index (χ2n) is 5.12. The lowest BCUT2D eigenvalue weighted by Crippen LogP contribution is -2.22. The van der Waals surface area contributed by atoms with E-state index in [4.69, 9.17) is 0 Å². The summed E-state index contributed by atoms with van der Waals surface area (Å²) in [6, 6.07) is 7.05. The van der Waals surface area contributed by atoms with Gasteiger partial charge >= 0.3 is 0 Å². The van der Waals surface area contributed by atoms with Crippen molar-refractivity contribution in [3.05, 3.63) is 53.6 Å². The molecular weight excluding hydrogens is 253 g/mol. The third kappa shape index (κ3) is 4.17. The van der Waals surface area contributed by atoms with E-state index in [0.717, 1.165) is 31.4 Å². The van der Waals surface area contributed by atoms with Crippen LogP contribution >= 0.6 is 0 Å². The molecule has 0 saturated carbocycles. The first kappa shape index (κ1) is 14.7. The van der Waals surface area contributed by atoms with Crippen molar-refractivity contribution >= 4 is 0 Å². The number of rotatable bonds is 7. The SMILES string of the molecule is CCCNC(CCc1cnn(C)c1)c1cccc(F)c1. The van der Waals surface area contributed by atoms with Crippen LogP contribution in [0, 0.1) is 5.82 Å². The molecule has 1 aromatic carbocycles. The maximum absolute atomic E-state index is 13.4. The van der Waals surface area contributed by atoms with Crippen molar-refractivity contribution < 1.29 is 4.39 Å². The van der Waals surface area contributed by atoms with Gasteiger partial charge in [0.2, 0.25) is 0 Å². The van der Waals surface area contributed by atoms with E-state index in [1.165, 1.54) is 11.6 Å². The van der Waals surface area contributed by atoms with Crippen LogP contribution in [0.4, 0.5) is 4.39 Å². The van der Waals surface area contributed by atoms with E-state index in [1.54, 1.807) is 12.1 Å². The zero-order chi connectivity index (χ0) is 14.4. The Morgan fingerprint density at radius 2 is 2.25 bits per heavy atom. The monoisotopic (exact) mass is 275 g/mol. The van der Waals surface area contributed by atoms with Crippen molar-refractivity contribution in [2.45, 2.75) is 32.2 Å². The molecule has 1 aromatic heterocycles. The van der Waals surface area contributed by atoms with Gasteiger partial charge in [-0.05, 0) is 49.1 Å². The van der Waals surface area contributed by atoms with Crippen LogP contribution in [0.1, 0.15) is 36.9 Å². The number of nitrogens with one attached hydrogen (secondary N) is 1. The Kier molecular flexibility index (Phi) is 5.30. The summed E-state index contributed by atoms with van der Waals surface area (Å²) >= 11 is 0. The van der Waals surface area contributed by atoms with Gasteiger partial charge < -0.3 is 5.32 Å². The first-order chi connectivity index (χ1) is 9.69. The van der Waals surface area contributed by atoms with E-state index in [-0.39, 0.29) is 11.9 Å². The Balaban J connectivity index is 2.03. The smallest absolute Gasteiger partial charge is 0.123 e. The lowest BCUT2D eigenvalue weighted by Gasteiger charge is -2.18. The third-order valence-electron chi connectivity index (χ3n) is 3.37. The lowest BCUT2D eigenvalue weighted by molar-refractivity contribution is 0.495. The summed E-state index contributed by atoms with van der Waals surface area (Å²) < 4.78 is 15.2. The highest BCUT2D eigenvalue weighted by molar-refractivity contribution is 5.20. The topological polar surface area (TPSA) is 29.9 Å². The number of aromatic nitrogens is 2. The largest absolute Gasteiger partial charge is 0.310 e. The molecule has 0 aliphatic carbocycles. The van der Waals surface area contributed by atoms with Gasteiger partial charge in [0.25, 0.3) is 0 Å². The van der Waals surface area contributed by atoms with Crippen LogP contribution in [-0.2, 0) is 13.5 Å². The standard InChI is InChI=1S/C16H22FN3/c1-3-9-18-16(14-5-4-6-15(17)10-14)8-7-13-11-19-20(2)12-13/h4-6,10-12,16,18H,3,7-9H2,1-2H3. The van der Waals surface area contributed by atoms with Gasteiger partial charge in [-0.25, -0.2) is 4.39 Å². The molecule has 4 heteroatoms. The van der Waals surface area contributed by atoms with Crippen LogP contribution in [-0.4, -0.2) is 16.3 Å². The van der Waals surface area contributed by atoms with Crippen molar-refractivity contribution in [3.63, 3.8) is 0 Å². The van der Waals surface area contributed by atoms with Gasteiger partial charge in [0, 0.05) is 19.3 Å². The molecule has 2 aromatic rings. The molecule has 1 heterocycles. The first-order valence-electron chi connectivity index (χ1n) is 7.15. The van der Waals surface area contributed by atoms with Crippen LogP contribution in [0.3, 0.4) is 0 Å². The number of hydrogen-bond acceptors (Lipinski definition) is 2. The van der Waals surface area contributed by atoms with Crippen LogP contribution < -0.4 is 5.32 Å². The quantitative estimate of drug-likeness (QED) is 0.840. The zero-order valence-corrected chi connectivity index (χ0v) is 12.1. The van der Waals surface area contributed by atoms with Crippen molar-refractivity contribution in [1.29, 1.82) is 0 Å². The van der Waals surface area contributed by atoms with Gasteiger partial charge in [-0.15, -0.1) is 0 Å². The molecule has 108 valence electrons. The van der Waals surface area contributed by atoms with E-state index in [0.29, 0.717) is 0 Å². The predicted octanol–water partition coefficient (Wildman–Crippen LogP) is 3.23. The minimum atomic E-state index is -0.174. The molecule has 0 aliphatic rings. The second-order valence-corrected chi connectivity index (χ2v) is 5.12. The van der Waals surface area contributed by atoms with Gasteiger partial charge in [0.05, 0.1) is 6.20 Å².